The van der Waals surface area contributed by atoms with E-state index in [1.165, 1.54) is 25.6 Å². The van der Waals surface area contributed by atoms with E-state index in [4.69, 9.17) is 9.47 Å². The summed E-state index contributed by atoms with van der Waals surface area (Å²) in [4.78, 5) is 21.3. The lowest BCUT2D eigenvalue weighted by Crippen LogP contribution is -2.24. The molecule has 1 aromatic carbocycles. The Morgan fingerprint density at radius 1 is 1.12 bits per heavy atom. The number of benzene rings is 1. The first-order valence-corrected chi connectivity index (χ1v) is 8.46. The van der Waals surface area contributed by atoms with E-state index in [1.807, 2.05) is 23.6 Å². The number of carbonyl (C=O) groups excluding carboxylic acids is 1. The van der Waals surface area contributed by atoms with Gasteiger partial charge in [-0.05, 0) is 24.3 Å². The number of methoxy groups -OCH3 is 2. The molecule has 3 aromatic rings. The molecule has 6 nitrogen and oxygen atoms in total. The zero-order chi connectivity index (χ0) is 17.6. The molecule has 0 unspecified atom stereocenters. The molecule has 25 heavy (non-hydrogen) atoms. The van der Waals surface area contributed by atoms with Gasteiger partial charge >= 0.3 is 0 Å². The molecule has 0 atom stereocenters. The number of thiazole rings is 1. The second kappa shape index (κ2) is 7.76. The molecule has 0 spiro atoms. The Labute approximate surface area is 149 Å². The molecule has 2 heterocycles. The molecule has 0 saturated heterocycles. The van der Waals surface area contributed by atoms with Crippen molar-refractivity contribution in [3.63, 3.8) is 0 Å². The molecular weight excluding hydrogens is 338 g/mol. The molecule has 2 aromatic heterocycles. The van der Waals surface area contributed by atoms with Crippen molar-refractivity contribution >= 4 is 17.2 Å². The van der Waals surface area contributed by atoms with Gasteiger partial charge in [-0.2, -0.15) is 0 Å². The Bertz CT molecular complexity index is 843. The maximum Gasteiger partial charge on any atom is 0.259 e. The Kier molecular flexibility index (Phi) is 5.25. The van der Waals surface area contributed by atoms with Gasteiger partial charge in [0, 0.05) is 11.6 Å². The predicted molar refractivity (Wildman–Crippen MR) is 96.1 cm³/mol. The van der Waals surface area contributed by atoms with E-state index < -0.39 is 0 Å². The van der Waals surface area contributed by atoms with Gasteiger partial charge in [0.2, 0.25) is 0 Å². The molecule has 0 aliphatic rings. The Balaban J connectivity index is 1.72. The summed E-state index contributed by atoms with van der Waals surface area (Å²) in [7, 11) is 3.04. The molecule has 0 bridgehead atoms. The van der Waals surface area contributed by atoms with Crippen molar-refractivity contribution < 1.29 is 14.3 Å². The van der Waals surface area contributed by atoms with Crippen molar-refractivity contribution in [1.82, 2.24) is 15.3 Å². The molecule has 128 valence electrons. The van der Waals surface area contributed by atoms with Gasteiger partial charge in [-0.3, -0.25) is 9.78 Å². The lowest BCUT2D eigenvalue weighted by Gasteiger charge is -2.12. The van der Waals surface area contributed by atoms with Crippen molar-refractivity contribution in [2.45, 2.75) is 6.54 Å². The van der Waals surface area contributed by atoms with Gasteiger partial charge in [-0.25, -0.2) is 4.98 Å². The molecule has 7 heteroatoms. The number of nitrogens with zero attached hydrogens (tertiary/aromatic N) is 2. The fraction of sp³-hybridized carbons (Fsp3) is 0.167. The van der Waals surface area contributed by atoms with Crippen molar-refractivity contribution in [3.05, 3.63) is 59.2 Å². The smallest absolute Gasteiger partial charge is 0.259 e. The van der Waals surface area contributed by atoms with Gasteiger partial charge in [0.25, 0.3) is 5.91 Å². The van der Waals surface area contributed by atoms with Gasteiger partial charge in [0.05, 0.1) is 32.2 Å². The number of aromatic nitrogens is 2. The lowest BCUT2D eigenvalue weighted by atomic mass is 10.1. The molecule has 3 rings (SSSR count). The number of ether oxygens (including phenoxy) is 2. The molecule has 0 fully saturated rings. The van der Waals surface area contributed by atoms with Crippen molar-refractivity contribution in [2.75, 3.05) is 14.2 Å². The van der Waals surface area contributed by atoms with Crippen LogP contribution in [0.1, 0.15) is 16.1 Å². The van der Waals surface area contributed by atoms with E-state index in [-0.39, 0.29) is 5.91 Å². The number of amides is 1. The Morgan fingerprint density at radius 2 is 1.88 bits per heavy atom. The number of hydrogen-bond acceptors (Lipinski definition) is 6. The largest absolute Gasteiger partial charge is 0.496 e. The van der Waals surface area contributed by atoms with Crippen molar-refractivity contribution in [1.29, 1.82) is 0 Å². The summed E-state index contributed by atoms with van der Waals surface area (Å²) in [6, 6.07) is 10.9. The average molecular weight is 355 g/mol. The molecule has 0 saturated carbocycles. The third kappa shape index (κ3) is 3.77. The van der Waals surface area contributed by atoms with Gasteiger partial charge in [-0.1, -0.05) is 12.1 Å². The second-order valence-corrected chi connectivity index (χ2v) is 5.94. The summed E-state index contributed by atoms with van der Waals surface area (Å²) in [5.74, 6) is 0.648. The first kappa shape index (κ1) is 16.9. The number of carbonyl (C=O) groups is 1. The summed E-state index contributed by atoms with van der Waals surface area (Å²) in [5.41, 5.74) is 1.96. The van der Waals surface area contributed by atoms with E-state index in [0.717, 1.165) is 16.4 Å². The highest BCUT2D eigenvalue weighted by molar-refractivity contribution is 7.13. The van der Waals surface area contributed by atoms with Crippen molar-refractivity contribution in [3.8, 4) is 22.2 Å². The maximum atomic E-state index is 12.5. The third-order valence-electron chi connectivity index (χ3n) is 3.52. The van der Waals surface area contributed by atoms with Crippen LogP contribution in [0.4, 0.5) is 0 Å². The summed E-state index contributed by atoms with van der Waals surface area (Å²) >= 11 is 1.49. The van der Waals surface area contributed by atoms with Gasteiger partial charge < -0.3 is 14.8 Å². The summed E-state index contributed by atoms with van der Waals surface area (Å²) in [6.45, 7) is 0.309. The van der Waals surface area contributed by atoms with Crippen LogP contribution in [-0.2, 0) is 6.54 Å². The van der Waals surface area contributed by atoms with E-state index >= 15 is 0 Å². The van der Waals surface area contributed by atoms with E-state index in [0.29, 0.717) is 23.6 Å². The van der Waals surface area contributed by atoms with Crippen molar-refractivity contribution in [2.24, 2.45) is 0 Å². The summed E-state index contributed by atoms with van der Waals surface area (Å²) in [5, 5.41) is 5.58. The molecule has 0 radical (unpaired) electrons. The van der Waals surface area contributed by atoms with E-state index in [9.17, 15) is 4.79 Å². The van der Waals surface area contributed by atoms with Gasteiger partial charge in [0.1, 0.15) is 22.1 Å². The highest BCUT2D eigenvalue weighted by Crippen LogP contribution is 2.28. The van der Waals surface area contributed by atoms with Crippen LogP contribution in [0.25, 0.3) is 10.7 Å². The number of rotatable bonds is 6. The summed E-state index contributed by atoms with van der Waals surface area (Å²) in [6.07, 6.45) is 1.73. The number of hydrogen-bond donors (Lipinski definition) is 1. The predicted octanol–water partition coefficient (Wildman–Crippen LogP) is 3.15. The van der Waals surface area contributed by atoms with Crippen LogP contribution in [0.3, 0.4) is 0 Å². The standard InChI is InChI=1S/C18H17N3O3S/c1-23-14-7-5-8-15(24-2)16(14)17(22)20-10-12-11-25-18(21-12)13-6-3-4-9-19-13/h3-9,11H,10H2,1-2H3,(H,20,22). The lowest BCUT2D eigenvalue weighted by molar-refractivity contribution is 0.0944. The van der Waals surface area contributed by atoms with Crippen LogP contribution in [0.2, 0.25) is 0 Å². The first-order chi connectivity index (χ1) is 12.2. The van der Waals surface area contributed by atoms with Crippen LogP contribution < -0.4 is 14.8 Å². The molecule has 1 N–H and O–H groups in total. The molecular formula is C18H17N3O3S. The topological polar surface area (TPSA) is 73.3 Å². The SMILES string of the molecule is COc1cccc(OC)c1C(=O)NCc1csc(-c2ccccn2)n1. The monoisotopic (exact) mass is 355 g/mol. The van der Waals surface area contributed by atoms with E-state index in [1.54, 1.807) is 24.4 Å². The minimum absolute atomic E-state index is 0.276. The molecule has 0 aliphatic carbocycles. The normalized spacial score (nSPS) is 10.3. The minimum Gasteiger partial charge on any atom is -0.496 e. The first-order valence-electron chi connectivity index (χ1n) is 7.58. The highest BCUT2D eigenvalue weighted by atomic mass is 32.1. The maximum absolute atomic E-state index is 12.5. The van der Waals surface area contributed by atoms with Crippen LogP contribution in [0, 0.1) is 0 Å². The third-order valence-corrected chi connectivity index (χ3v) is 4.43. The molecule has 0 aliphatic heterocycles. The average Bonchev–Trinajstić information content (AvgIpc) is 3.15. The minimum atomic E-state index is -0.276. The quantitative estimate of drug-likeness (QED) is 0.735. The number of nitrogens with one attached hydrogen (secondary N) is 1. The van der Waals surface area contributed by atoms with Crippen LogP contribution in [-0.4, -0.2) is 30.1 Å². The molecule has 1 amide bonds. The fourth-order valence-corrected chi connectivity index (χ4v) is 3.12. The Hall–Kier alpha value is -2.93. The van der Waals surface area contributed by atoms with Crippen LogP contribution >= 0.6 is 11.3 Å². The second-order valence-electron chi connectivity index (χ2n) is 5.08. The van der Waals surface area contributed by atoms with E-state index in [2.05, 4.69) is 15.3 Å². The van der Waals surface area contributed by atoms with Crippen LogP contribution in [0.5, 0.6) is 11.5 Å². The summed E-state index contributed by atoms with van der Waals surface area (Å²) < 4.78 is 10.5. The highest BCUT2D eigenvalue weighted by Gasteiger charge is 2.18. The zero-order valence-corrected chi connectivity index (χ0v) is 14.7. The zero-order valence-electron chi connectivity index (χ0n) is 13.9. The Morgan fingerprint density at radius 3 is 2.52 bits per heavy atom. The van der Waals surface area contributed by atoms with Crippen LogP contribution in [0.15, 0.2) is 48.0 Å². The number of pyridine rings is 1. The fourth-order valence-electron chi connectivity index (χ4n) is 2.33. The van der Waals surface area contributed by atoms with Gasteiger partial charge in [0.15, 0.2) is 0 Å². The van der Waals surface area contributed by atoms with Gasteiger partial charge in [-0.15, -0.1) is 11.3 Å².